The van der Waals surface area contributed by atoms with Crippen molar-refractivity contribution < 1.29 is 0 Å². The third-order valence-electron chi connectivity index (χ3n) is 4.65. The van der Waals surface area contributed by atoms with E-state index in [0.717, 1.165) is 16.9 Å². The molecule has 0 amide bonds. The molecule has 4 rings (SSSR count). The number of rotatable bonds is 5. The zero-order chi connectivity index (χ0) is 18.8. The Morgan fingerprint density at radius 2 is 1.70 bits per heavy atom. The molecule has 3 N–H and O–H groups in total. The van der Waals surface area contributed by atoms with E-state index >= 15 is 0 Å². The third kappa shape index (κ3) is 3.49. The highest BCUT2D eigenvalue weighted by molar-refractivity contribution is 5.87. The molecule has 0 unspecified atom stereocenters. The third-order valence-corrected chi connectivity index (χ3v) is 4.65. The highest BCUT2D eigenvalue weighted by Crippen LogP contribution is 2.26. The summed E-state index contributed by atoms with van der Waals surface area (Å²) in [5, 5.41) is 3.46. The van der Waals surface area contributed by atoms with Crippen LogP contribution in [0.5, 0.6) is 0 Å². The van der Waals surface area contributed by atoms with Crippen molar-refractivity contribution in [2.45, 2.75) is 26.4 Å². The van der Waals surface area contributed by atoms with Gasteiger partial charge in [0.25, 0.3) is 0 Å². The topological polar surface area (TPSA) is 68.8 Å². The average molecular weight is 357 g/mol. The van der Waals surface area contributed by atoms with E-state index in [1.54, 1.807) is 0 Å². The molecule has 0 fully saturated rings. The highest BCUT2D eigenvalue weighted by atomic mass is 15.1. The number of nitrogens with two attached hydrogens (primary N) is 1. The first-order valence-electron chi connectivity index (χ1n) is 9.13. The summed E-state index contributed by atoms with van der Waals surface area (Å²) in [6.07, 6.45) is 1.82. The molecule has 2 heterocycles. The largest absolute Gasteiger partial charge is 0.384 e. The zero-order valence-corrected chi connectivity index (χ0v) is 15.6. The van der Waals surface area contributed by atoms with E-state index in [1.165, 1.54) is 16.7 Å². The van der Waals surface area contributed by atoms with Gasteiger partial charge < -0.3 is 15.6 Å². The lowest BCUT2D eigenvalue weighted by Crippen LogP contribution is -2.04. The monoisotopic (exact) mass is 357 g/mol. The summed E-state index contributed by atoms with van der Waals surface area (Å²) in [6, 6.07) is 21.1. The number of aromatic nitrogens is 3. The maximum Gasteiger partial charge on any atom is 0.164 e. The summed E-state index contributed by atoms with van der Waals surface area (Å²) in [4.78, 5) is 8.99. The molecule has 0 aliphatic rings. The summed E-state index contributed by atoms with van der Waals surface area (Å²) < 4.78 is 2.03. The Kier molecular flexibility index (Phi) is 4.50. The number of nitrogen functional groups attached to an aromatic ring is 1. The van der Waals surface area contributed by atoms with Crippen LogP contribution >= 0.6 is 0 Å². The molecule has 0 saturated carbocycles. The molecule has 0 saturated heterocycles. The molecule has 2 aromatic carbocycles. The van der Waals surface area contributed by atoms with Crippen molar-refractivity contribution >= 4 is 22.7 Å². The molecule has 0 aliphatic carbocycles. The lowest BCUT2D eigenvalue weighted by atomic mass is 10.0. The maximum absolute atomic E-state index is 6.01. The second kappa shape index (κ2) is 7.11. The second-order valence-corrected chi connectivity index (χ2v) is 6.93. The number of nitrogens with zero attached hydrogens (tertiary/aromatic N) is 3. The number of fused-ring (bicyclic) bond motifs is 1. The van der Waals surface area contributed by atoms with Crippen molar-refractivity contribution in [1.29, 1.82) is 0 Å². The Morgan fingerprint density at radius 3 is 2.41 bits per heavy atom. The Hall–Kier alpha value is -3.34. The van der Waals surface area contributed by atoms with Crippen LogP contribution in [-0.4, -0.2) is 14.5 Å². The van der Waals surface area contributed by atoms with Crippen LogP contribution in [0.4, 0.5) is 11.5 Å². The molecule has 2 aromatic heterocycles. The van der Waals surface area contributed by atoms with Gasteiger partial charge in [-0.1, -0.05) is 54.6 Å². The van der Waals surface area contributed by atoms with Gasteiger partial charge in [0, 0.05) is 18.7 Å². The van der Waals surface area contributed by atoms with Gasteiger partial charge in [0.15, 0.2) is 5.65 Å². The molecule has 0 radical (unpaired) electrons. The van der Waals surface area contributed by atoms with E-state index in [9.17, 15) is 0 Å². The van der Waals surface area contributed by atoms with Gasteiger partial charge in [-0.25, -0.2) is 9.97 Å². The molecule has 136 valence electrons. The molecular weight excluding hydrogens is 334 g/mol. The van der Waals surface area contributed by atoms with Crippen molar-refractivity contribution in [3.05, 3.63) is 72.6 Å². The minimum Gasteiger partial charge on any atom is -0.384 e. The Bertz CT molecular complexity index is 1050. The molecule has 4 aromatic rings. The van der Waals surface area contributed by atoms with Gasteiger partial charge in [0.1, 0.15) is 11.3 Å². The fourth-order valence-electron chi connectivity index (χ4n) is 3.18. The molecular formula is C22H23N5. The van der Waals surface area contributed by atoms with Crippen LogP contribution < -0.4 is 11.1 Å². The molecule has 27 heavy (non-hydrogen) atoms. The number of hydrogen-bond acceptors (Lipinski definition) is 4. The van der Waals surface area contributed by atoms with Gasteiger partial charge in [0.05, 0.1) is 12.0 Å². The minimum absolute atomic E-state index is 0.280. The molecule has 0 spiro atoms. The average Bonchev–Trinajstić information content (AvgIpc) is 3.11. The van der Waals surface area contributed by atoms with Gasteiger partial charge >= 0.3 is 0 Å². The maximum atomic E-state index is 6.01. The SMILES string of the molecule is CC(C)n1cnc2c(NCc3ccc(-c4ccccc4)cc3)cc(N)nc21. The van der Waals surface area contributed by atoms with Crippen LogP contribution in [0.15, 0.2) is 67.0 Å². The van der Waals surface area contributed by atoms with Gasteiger partial charge in [-0.2, -0.15) is 0 Å². The quantitative estimate of drug-likeness (QED) is 0.534. The summed E-state index contributed by atoms with van der Waals surface area (Å²) >= 11 is 0. The van der Waals surface area contributed by atoms with Crippen LogP contribution in [-0.2, 0) is 6.54 Å². The Balaban J connectivity index is 1.55. The van der Waals surface area contributed by atoms with Crippen LogP contribution in [0.1, 0.15) is 25.5 Å². The number of pyridine rings is 1. The van der Waals surface area contributed by atoms with Crippen molar-refractivity contribution in [1.82, 2.24) is 14.5 Å². The molecule has 0 atom stereocenters. The predicted octanol–water partition coefficient (Wildman–Crippen LogP) is 4.87. The fraction of sp³-hybridized carbons (Fsp3) is 0.182. The summed E-state index contributed by atoms with van der Waals surface area (Å²) in [7, 11) is 0. The first-order valence-corrected chi connectivity index (χ1v) is 9.13. The van der Waals surface area contributed by atoms with E-state index in [2.05, 4.69) is 77.7 Å². The minimum atomic E-state index is 0.280. The molecule has 0 bridgehead atoms. The second-order valence-electron chi connectivity index (χ2n) is 6.93. The fourth-order valence-corrected chi connectivity index (χ4v) is 3.18. The van der Waals surface area contributed by atoms with E-state index in [-0.39, 0.29) is 6.04 Å². The first-order chi connectivity index (χ1) is 13.1. The molecule has 5 nitrogen and oxygen atoms in total. The van der Waals surface area contributed by atoms with Crippen molar-refractivity contribution in [3.8, 4) is 11.1 Å². The van der Waals surface area contributed by atoms with Crippen LogP contribution in [0, 0.1) is 0 Å². The summed E-state index contributed by atoms with van der Waals surface area (Å²) in [5.74, 6) is 0.492. The zero-order valence-electron chi connectivity index (χ0n) is 15.6. The highest BCUT2D eigenvalue weighted by Gasteiger charge is 2.12. The van der Waals surface area contributed by atoms with E-state index in [1.807, 2.05) is 23.0 Å². The standard InChI is InChI=1S/C22H23N5/c1-15(2)27-14-25-21-19(12-20(23)26-22(21)27)24-13-16-8-10-18(11-9-16)17-6-4-3-5-7-17/h3-12,14-15H,13H2,1-2H3,(H3,23,24,26). The summed E-state index contributed by atoms with van der Waals surface area (Å²) in [5.41, 5.74) is 12.2. The normalized spacial score (nSPS) is 11.2. The first kappa shape index (κ1) is 17.1. The van der Waals surface area contributed by atoms with Crippen molar-refractivity contribution in [2.24, 2.45) is 0 Å². The van der Waals surface area contributed by atoms with E-state index < -0.39 is 0 Å². The number of hydrogen-bond donors (Lipinski definition) is 2. The Morgan fingerprint density at radius 1 is 1.00 bits per heavy atom. The van der Waals surface area contributed by atoms with Gasteiger partial charge in [-0.15, -0.1) is 0 Å². The lowest BCUT2D eigenvalue weighted by molar-refractivity contribution is 0.613. The van der Waals surface area contributed by atoms with Crippen molar-refractivity contribution in [3.63, 3.8) is 0 Å². The van der Waals surface area contributed by atoms with Gasteiger partial charge in [-0.3, -0.25) is 0 Å². The Labute approximate surface area is 158 Å². The predicted molar refractivity (Wildman–Crippen MR) is 112 cm³/mol. The van der Waals surface area contributed by atoms with Gasteiger partial charge in [-0.05, 0) is 30.5 Å². The molecule has 5 heteroatoms. The number of benzene rings is 2. The van der Waals surface area contributed by atoms with Crippen LogP contribution in [0.2, 0.25) is 0 Å². The number of anilines is 2. The lowest BCUT2D eigenvalue weighted by Gasteiger charge is -2.11. The number of nitrogens with one attached hydrogen (secondary N) is 1. The van der Waals surface area contributed by atoms with Crippen molar-refractivity contribution in [2.75, 3.05) is 11.1 Å². The van der Waals surface area contributed by atoms with Crippen LogP contribution in [0.3, 0.4) is 0 Å². The number of imidazole rings is 1. The van der Waals surface area contributed by atoms with Crippen LogP contribution in [0.25, 0.3) is 22.3 Å². The smallest absolute Gasteiger partial charge is 0.164 e. The van der Waals surface area contributed by atoms with E-state index in [4.69, 9.17) is 5.73 Å². The van der Waals surface area contributed by atoms with Gasteiger partial charge in [0.2, 0.25) is 0 Å². The van der Waals surface area contributed by atoms with E-state index in [0.29, 0.717) is 12.4 Å². The molecule has 0 aliphatic heterocycles. The summed E-state index contributed by atoms with van der Waals surface area (Å²) in [6.45, 7) is 4.91.